The maximum absolute atomic E-state index is 12.3. The number of anilines is 1. The van der Waals surface area contributed by atoms with E-state index in [0.29, 0.717) is 6.42 Å². The number of carbonyl (C=O) groups is 1. The maximum atomic E-state index is 12.3. The Morgan fingerprint density at radius 3 is 2.96 bits per heavy atom. The molecule has 0 saturated carbocycles. The van der Waals surface area contributed by atoms with E-state index in [-0.39, 0.29) is 12.1 Å². The molecule has 1 aromatic heterocycles. The summed E-state index contributed by atoms with van der Waals surface area (Å²) in [7, 11) is 0. The molecule has 2 atom stereocenters. The van der Waals surface area contributed by atoms with Crippen molar-refractivity contribution < 1.29 is 9.90 Å². The molecule has 0 spiro atoms. The normalized spacial score (nSPS) is 19.5. The second-order valence-electron chi connectivity index (χ2n) is 5.83. The lowest BCUT2D eigenvalue weighted by Crippen LogP contribution is -2.36. The van der Waals surface area contributed by atoms with Gasteiger partial charge in [0.2, 0.25) is 0 Å². The zero-order chi connectivity index (χ0) is 15.8. The fraction of sp³-hybridized carbons (Fsp3) is 0.167. The van der Waals surface area contributed by atoms with Crippen LogP contribution in [0.4, 0.5) is 10.5 Å². The molecule has 1 heterocycles. The van der Waals surface area contributed by atoms with E-state index in [2.05, 4.69) is 15.6 Å². The predicted octanol–water partition coefficient (Wildman–Crippen LogP) is 2.95. The first kappa shape index (κ1) is 13.8. The summed E-state index contributed by atoms with van der Waals surface area (Å²) < 4.78 is 0. The molecule has 2 aromatic carbocycles. The van der Waals surface area contributed by atoms with E-state index in [9.17, 15) is 9.90 Å². The van der Waals surface area contributed by atoms with Crippen LogP contribution in [0.5, 0.6) is 0 Å². The lowest BCUT2D eigenvalue weighted by Gasteiger charge is -2.18. The first-order valence-corrected chi connectivity index (χ1v) is 7.61. The van der Waals surface area contributed by atoms with E-state index in [1.807, 2.05) is 54.7 Å². The largest absolute Gasteiger partial charge is 0.390 e. The summed E-state index contributed by atoms with van der Waals surface area (Å²) >= 11 is 0. The summed E-state index contributed by atoms with van der Waals surface area (Å²) in [5.41, 5.74) is 3.81. The number of hydrogen-bond donors (Lipinski definition) is 4. The number of hydrogen-bond acceptors (Lipinski definition) is 2. The molecule has 1 aliphatic rings. The molecule has 0 saturated heterocycles. The van der Waals surface area contributed by atoms with Crippen LogP contribution in [0.2, 0.25) is 0 Å². The Bertz CT molecular complexity index is 871. The number of urea groups is 1. The number of aromatic amines is 1. The van der Waals surface area contributed by atoms with Crippen LogP contribution in [-0.2, 0) is 6.42 Å². The van der Waals surface area contributed by atoms with Crippen molar-refractivity contribution in [2.45, 2.75) is 18.6 Å². The molecule has 116 valence electrons. The van der Waals surface area contributed by atoms with E-state index in [4.69, 9.17) is 0 Å². The van der Waals surface area contributed by atoms with Gasteiger partial charge >= 0.3 is 6.03 Å². The number of carbonyl (C=O) groups excluding carboxylic acids is 1. The van der Waals surface area contributed by atoms with Gasteiger partial charge in [-0.05, 0) is 35.4 Å². The minimum atomic E-state index is -0.592. The third-order valence-electron chi connectivity index (χ3n) is 4.30. The third kappa shape index (κ3) is 2.55. The molecule has 1 aliphatic carbocycles. The van der Waals surface area contributed by atoms with E-state index in [0.717, 1.165) is 27.7 Å². The van der Waals surface area contributed by atoms with E-state index in [1.54, 1.807) is 0 Å². The van der Waals surface area contributed by atoms with Gasteiger partial charge in [0.05, 0.1) is 12.1 Å². The van der Waals surface area contributed by atoms with Crippen molar-refractivity contribution in [1.82, 2.24) is 10.3 Å². The molecule has 0 radical (unpaired) electrons. The van der Waals surface area contributed by atoms with E-state index >= 15 is 0 Å². The van der Waals surface area contributed by atoms with Crippen molar-refractivity contribution in [2.75, 3.05) is 5.32 Å². The van der Waals surface area contributed by atoms with Crippen molar-refractivity contribution >= 4 is 22.6 Å². The monoisotopic (exact) mass is 307 g/mol. The average molecular weight is 307 g/mol. The van der Waals surface area contributed by atoms with Gasteiger partial charge in [-0.3, -0.25) is 0 Å². The summed E-state index contributed by atoms with van der Waals surface area (Å²) in [6, 6.07) is 14.7. The predicted molar refractivity (Wildman–Crippen MR) is 89.3 cm³/mol. The topological polar surface area (TPSA) is 77.2 Å². The van der Waals surface area contributed by atoms with Crippen molar-refractivity contribution in [3.63, 3.8) is 0 Å². The molecule has 5 heteroatoms. The average Bonchev–Trinajstić information content (AvgIpc) is 3.12. The highest BCUT2D eigenvalue weighted by Crippen LogP contribution is 2.31. The number of H-pyrrole nitrogens is 1. The molecule has 0 fully saturated rings. The summed E-state index contributed by atoms with van der Waals surface area (Å²) in [5.74, 6) is 0. The zero-order valence-corrected chi connectivity index (χ0v) is 12.4. The molecule has 0 aliphatic heterocycles. The van der Waals surface area contributed by atoms with Crippen molar-refractivity contribution in [2.24, 2.45) is 0 Å². The Morgan fingerprint density at radius 2 is 2.04 bits per heavy atom. The second kappa shape index (κ2) is 5.44. The number of benzene rings is 2. The van der Waals surface area contributed by atoms with Gasteiger partial charge in [-0.1, -0.05) is 24.3 Å². The summed E-state index contributed by atoms with van der Waals surface area (Å²) in [6.45, 7) is 0. The lowest BCUT2D eigenvalue weighted by atomic mass is 10.1. The fourth-order valence-corrected chi connectivity index (χ4v) is 3.19. The Balaban J connectivity index is 1.49. The number of aliphatic hydroxyl groups is 1. The molecule has 4 rings (SSSR count). The summed E-state index contributed by atoms with van der Waals surface area (Å²) in [6.07, 6.45) is 1.84. The van der Waals surface area contributed by atoms with Crippen molar-refractivity contribution in [3.8, 4) is 0 Å². The van der Waals surface area contributed by atoms with Gasteiger partial charge in [0, 0.05) is 29.2 Å². The number of aromatic nitrogens is 1. The minimum Gasteiger partial charge on any atom is -0.390 e. The van der Waals surface area contributed by atoms with Gasteiger partial charge in [0.15, 0.2) is 0 Å². The maximum Gasteiger partial charge on any atom is 0.319 e. The lowest BCUT2D eigenvalue weighted by molar-refractivity contribution is 0.144. The van der Waals surface area contributed by atoms with Gasteiger partial charge in [-0.25, -0.2) is 4.79 Å². The molecule has 3 aromatic rings. The molecule has 2 amide bonds. The first-order chi connectivity index (χ1) is 11.2. The van der Waals surface area contributed by atoms with E-state index < -0.39 is 6.10 Å². The Hall–Kier alpha value is -2.79. The second-order valence-corrected chi connectivity index (χ2v) is 5.83. The number of fused-ring (bicyclic) bond motifs is 2. The van der Waals surface area contributed by atoms with Crippen LogP contribution >= 0.6 is 0 Å². The Morgan fingerprint density at radius 1 is 1.17 bits per heavy atom. The Labute approximate surface area is 133 Å². The molecule has 23 heavy (non-hydrogen) atoms. The first-order valence-electron chi connectivity index (χ1n) is 7.61. The number of nitrogens with one attached hydrogen (secondary N) is 3. The summed E-state index contributed by atoms with van der Waals surface area (Å²) in [4.78, 5) is 15.4. The van der Waals surface area contributed by atoms with Crippen LogP contribution in [0, 0.1) is 0 Å². The fourth-order valence-electron chi connectivity index (χ4n) is 3.19. The molecule has 5 nitrogen and oxygen atoms in total. The quantitative estimate of drug-likeness (QED) is 0.587. The van der Waals surface area contributed by atoms with Gasteiger partial charge in [-0.15, -0.1) is 0 Å². The van der Waals surface area contributed by atoms with Crippen LogP contribution < -0.4 is 10.6 Å². The molecule has 0 unspecified atom stereocenters. The van der Waals surface area contributed by atoms with Crippen LogP contribution in [0.15, 0.2) is 54.7 Å². The highest BCUT2D eigenvalue weighted by Gasteiger charge is 2.31. The standard InChI is InChI=1S/C18H17N3O2/c22-16-10-11-3-1-2-4-14(11)17(16)21-18(23)20-13-5-6-15-12(9-13)7-8-19-15/h1-9,16-17,19,22H,10H2,(H2,20,21,23)/t16-,17+/m0/s1. The third-order valence-corrected chi connectivity index (χ3v) is 4.30. The molecule has 4 N–H and O–H groups in total. The van der Waals surface area contributed by atoms with Crippen LogP contribution in [0.25, 0.3) is 10.9 Å². The van der Waals surface area contributed by atoms with Crippen LogP contribution in [0.3, 0.4) is 0 Å². The molecular formula is C18H17N3O2. The van der Waals surface area contributed by atoms with Crippen LogP contribution in [0.1, 0.15) is 17.2 Å². The van der Waals surface area contributed by atoms with Gasteiger partial charge < -0.3 is 20.7 Å². The zero-order valence-electron chi connectivity index (χ0n) is 12.4. The SMILES string of the molecule is O=C(Nc1ccc2[nH]ccc2c1)N[C@@H]1c2ccccc2C[C@@H]1O. The Kier molecular flexibility index (Phi) is 3.28. The van der Waals surface area contributed by atoms with Crippen LogP contribution in [-0.4, -0.2) is 22.2 Å². The number of rotatable bonds is 2. The number of amides is 2. The molecular weight excluding hydrogens is 290 g/mol. The van der Waals surface area contributed by atoms with E-state index in [1.165, 1.54) is 0 Å². The van der Waals surface area contributed by atoms with Gasteiger partial charge in [0.1, 0.15) is 0 Å². The number of aliphatic hydroxyl groups excluding tert-OH is 1. The summed E-state index contributed by atoms with van der Waals surface area (Å²) in [5, 5.41) is 16.9. The molecule has 0 bridgehead atoms. The highest BCUT2D eigenvalue weighted by molar-refractivity contribution is 5.93. The van der Waals surface area contributed by atoms with Crippen molar-refractivity contribution in [1.29, 1.82) is 0 Å². The highest BCUT2D eigenvalue weighted by atomic mass is 16.3. The van der Waals surface area contributed by atoms with Gasteiger partial charge in [0.25, 0.3) is 0 Å². The smallest absolute Gasteiger partial charge is 0.319 e. The minimum absolute atomic E-state index is 0.319. The van der Waals surface area contributed by atoms with Gasteiger partial charge in [-0.2, -0.15) is 0 Å². The van der Waals surface area contributed by atoms with Crippen molar-refractivity contribution in [3.05, 3.63) is 65.9 Å².